The summed E-state index contributed by atoms with van der Waals surface area (Å²) in [5, 5.41) is 4.45. The molecule has 1 aromatic heterocycles. The first-order valence-electron chi connectivity index (χ1n) is 6.83. The molecule has 0 aliphatic carbocycles. The van der Waals surface area contributed by atoms with Crippen molar-refractivity contribution in [2.75, 3.05) is 16.8 Å². The molecule has 0 bridgehead atoms. The lowest BCUT2D eigenvalue weighted by molar-refractivity contribution is -0.121. The van der Waals surface area contributed by atoms with Crippen LogP contribution in [0.2, 0.25) is 0 Å². The molecule has 1 aliphatic heterocycles. The van der Waals surface area contributed by atoms with Gasteiger partial charge < -0.3 is 5.32 Å². The predicted molar refractivity (Wildman–Crippen MR) is 89.6 cm³/mol. The Morgan fingerprint density at radius 3 is 2.95 bits per heavy atom. The van der Waals surface area contributed by atoms with Crippen LogP contribution in [-0.2, 0) is 9.59 Å². The van der Waals surface area contributed by atoms with E-state index in [2.05, 4.69) is 10.3 Å². The van der Waals surface area contributed by atoms with Crippen molar-refractivity contribution in [3.8, 4) is 0 Å². The molecule has 7 heteroatoms. The molecule has 2 heterocycles. The average molecular weight is 333 g/mol. The number of nitrogens with one attached hydrogen (secondary N) is 1. The van der Waals surface area contributed by atoms with Crippen LogP contribution in [0, 0.1) is 6.92 Å². The van der Waals surface area contributed by atoms with Gasteiger partial charge in [-0.1, -0.05) is 23.9 Å². The van der Waals surface area contributed by atoms with E-state index in [0.29, 0.717) is 5.69 Å². The summed E-state index contributed by atoms with van der Waals surface area (Å²) < 4.78 is 0.869. The number of nitrogens with zero attached hydrogens (tertiary/aromatic N) is 2. The maximum absolute atomic E-state index is 12.7. The Balaban J connectivity index is 1.81. The van der Waals surface area contributed by atoms with Gasteiger partial charge in [-0.05, 0) is 26.0 Å². The number of benzene rings is 1. The lowest BCUT2D eigenvalue weighted by atomic mass is 10.2. The largest absolute Gasteiger partial charge is 0.323 e. The van der Waals surface area contributed by atoms with E-state index in [4.69, 9.17) is 0 Å². The van der Waals surface area contributed by atoms with Crippen LogP contribution in [0.4, 0.5) is 11.4 Å². The first-order valence-corrected chi connectivity index (χ1v) is 8.59. The van der Waals surface area contributed by atoms with Crippen LogP contribution in [0.15, 0.2) is 34.0 Å². The third-order valence-corrected chi connectivity index (χ3v) is 5.44. The van der Waals surface area contributed by atoms with Crippen molar-refractivity contribution in [3.05, 3.63) is 35.3 Å². The second-order valence-electron chi connectivity index (χ2n) is 5.00. The number of thiazole rings is 1. The van der Waals surface area contributed by atoms with Crippen LogP contribution in [-0.4, -0.2) is 28.6 Å². The first kappa shape index (κ1) is 15.1. The van der Waals surface area contributed by atoms with Gasteiger partial charge in [-0.3, -0.25) is 14.5 Å². The van der Waals surface area contributed by atoms with Gasteiger partial charge in [0.05, 0.1) is 16.6 Å². The summed E-state index contributed by atoms with van der Waals surface area (Å²) in [6.07, 6.45) is 0. The monoisotopic (exact) mass is 333 g/mol. The topological polar surface area (TPSA) is 62.3 Å². The average Bonchev–Trinajstić information content (AvgIpc) is 2.90. The van der Waals surface area contributed by atoms with Crippen molar-refractivity contribution in [3.63, 3.8) is 0 Å². The van der Waals surface area contributed by atoms with Gasteiger partial charge in [0, 0.05) is 11.1 Å². The maximum atomic E-state index is 12.7. The number of aromatic nitrogens is 1. The number of carbonyl (C=O) groups excluding carboxylic acids is 2. The molecule has 1 N–H and O–H groups in total. The highest BCUT2D eigenvalue weighted by atomic mass is 32.2. The van der Waals surface area contributed by atoms with Gasteiger partial charge in [0.25, 0.3) is 0 Å². The highest BCUT2D eigenvalue weighted by Gasteiger charge is 2.30. The summed E-state index contributed by atoms with van der Waals surface area (Å²) in [4.78, 5) is 30.4. The molecular formula is C15H15N3O2S2. The first-order chi connectivity index (χ1) is 10.5. The molecule has 1 aliphatic rings. The van der Waals surface area contributed by atoms with Gasteiger partial charge in [-0.2, -0.15) is 0 Å². The SMILES string of the molecule is Cc1csc(S[C@H](C)C(=O)N2CC(=O)Nc3ccccc32)n1. The van der Waals surface area contributed by atoms with Crippen molar-refractivity contribution >= 4 is 46.3 Å². The molecule has 2 amide bonds. The summed E-state index contributed by atoms with van der Waals surface area (Å²) >= 11 is 2.96. The smallest absolute Gasteiger partial charge is 0.244 e. The predicted octanol–water partition coefficient (Wildman–Crippen LogP) is 2.92. The summed E-state index contributed by atoms with van der Waals surface area (Å²) in [6.45, 7) is 3.83. The zero-order valence-electron chi connectivity index (χ0n) is 12.2. The fraction of sp³-hybridized carbons (Fsp3) is 0.267. The third kappa shape index (κ3) is 3.00. The zero-order valence-corrected chi connectivity index (χ0v) is 13.8. The van der Waals surface area contributed by atoms with E-state index in [1.807, 2.05) is 37.4 Å². The van der Waals surface area contributed by atoms with Gasteiger partial charge in [0.15, 0.2) is 4.34 Å². The zero-order chi connectivity index (χ0) is 15.7. The number of amides is 2. The number of carbonyl (C=O) groups is 2. The molecule has 0 spiro atoms. The molecular weight excluding hydrogens is 318 g/mol. The molecule has 114 valence electrons. The Morgan fingerprint density at radius 2 is 2.23 bits per heavy atom. The summed E-state index contributed by atoms with van der Waals surface area (Å²) in [5.74, 6) is -0.255. The molecule has 0 fully saturated rings. The minimum absolute atomic E-state index is 0.0532. The van der Waals surface area contributed by atoms with Crippen molar-refractivity contribution in [2.24, 2.45) is 0 Å². The number of hydrogen-bond donors (Lipinski definition) is 1. The fourth-order valence-corrected chi connectivity index (χ4v) is 4.29. The summed E-state index contributed by atoms with van der Waals surface area (Å²) in [7, 11) is 0. The normalized spacial score (nSPS) is 15.2. The van der Waals surface area contributed by atoms with Gasteiger partial charge in [0.2, 0.25) is 11.8 Å². The molecule has 3 rings (SSSR count). The number of fused-ring (bicyclic) bond motifs is 1. The van der Waals surface area contributed by atoms with Crippen LogP contribution in [0.3, 0.4) is 0 Å². The number of rotatable bonds is 3. The van der Waals surface area contributed by atoms with E-state index in [9.17, 15) is 9.59 Å². The minimum atomic E-state index is -0.301. The van der Waals surface area contributed by atoms with Crippen LogP contribution in [0.1, 0.15) is 12.6 Å². The standard InChI is InChI=1S/C15H15N3O2S2/c1-9-8-21-15(16-9)22-10(2)14(20)18-7-13(19)17-11-5-3-4-6-12(11)18/h3-6,8,10H,7H2,1-2H3,(H,17,19)/t10-/m1/s1. The summed E-state index contributed by atoms with van der Waals surface area (Å²) in [5.41, 5.74) is 2.37. The number of aryl methyl sites for hydroxylation is 1. The van der Waals surface area contributed by atoms with Crippen LogP contribution >= 0.6 is 23.1 Å². The highest BCUT2D eigenvalue weighted by molar-refractivity contribution is 8.02. The Kier molecular flexibility index (Phi) is 4.17. The number of thioether (sulfide) groups is 1. The van der Waals surface area contributed by atoms with Crippen LogP contribution in [0.5, 0.6) is 0 Å². The van der Waals surface area contributed by atoms with Gasteiger partial charge >= 0.3 is 0 Å². The lowest BCUT2D eigenvalue weighted by Gasteiger charge is -2.30. The van der Waals surface area contributed by atoms with Gasteiger partial charge in [0.1, 0.15) is 6.54 Å². The van der Waals surface area contributed by atoms with Crippen molar-refractivity contribution in [1.29, 1.82) is 0 Å². The molecule has 1 atom stereocenters. The maximum Gasteiger partial charge on any atom is 0.244 e. The van der Waals surface area contributed by atoms with Crippen LogP contribution < -0.4 is 10.2 Å². The molecule has 0 saturated heterocycles. The Hall–Kier alpha value is -1.86. The quantitative estimate of drug-likeness (QED) is 0.877. The summed E-state index contributed by atoms with van der Waals surface area (Å²) in [6, 6.07) is 7.34. The van der Waals surface area contributed by atoms with Crippen molar-refractivity contribution in [1.82, 2.24) is 4.98 Å². The van der Waals surface area contributed by atoms with E-state index in [1.165, 1.54) is 23.1 Å². The molecule has 1 aromatic carbocycles. The minimum Gasteiger partial charge on any atom is -0.323 e. The third-order valence-electron chi connectivity index (χ3n) is 3.26. The number of para-hydroxylation sites is 2. The second kappa shape index (κ2) is 6.10. The fourth-order valence-electron chi connectivity index (χ4n) is 2.24. The molecule has 5 nitrogen and oxygen atoms in total. The Labute approximate surface area is 136 Å². The van der Waals surface area contributed by atoms with E-state index in [0.717, 1.165) is 15.7 Å². The lowest BCUT2D eigenvalue weighted by Crippen LogP contribution is -2.45. The van der Waals surface area contributed by atoms with Gasteiger partial charge in [-0.25, -0.2) is 4.98 Å². The molecule has 0 unspecified atom stereocenters. The number of hydrogen-bond acceptors (Lipinski definition) is 5. The Bertz CT molecular complexity index is 729. The molecule has 0 saturated carbocycles. The van der Waals surface area contributed by atoms with Crippen molar-refractivity contribution in [2.45, 2.75) is 23.4 Å². The Morgan fingerprint density at radius 1 is 1.45 bits per heavy atom. The van der Waals surface area contributed by atoms with E-state index in [-0.39, 0.29) is 23.6 Å². The van der Waals surface area contributed by atoms with E-state index < -0.39 is 0 Å². The van der Waals surface area contributed by atoms with Gasteiger partial charge in [-0.15, -0.1) is 11.3 Å². The highest BCUT2D eigenvalue weighted by Crippen LogP contribution is 2.33. The van der Waals surface area contributed by atoms with Crippen LogP contribution in [0.25, 0.3) is 0 Å². The van der Waals surface area contributed by atoms with E-state index >= 15 is 0 Å². The molecule has 2 aromatic rings. The van der Waals surface area contributed by atoms with Crippen molar-refractivity contribution < 1.29 is 9.59 Å². The molecule has 22 heavy (non-hydrogen) atoms. The van der Waals surface area contributed by atoms with E-state index in [1.54, 1.807) is 11.0 Å². The second-order valence-corrected chi connectivity index (χ2v) is 7.45. The molecule has 0 radical (unpaired) electrons. The number of anilines is 2.